The summed E-state index contributed by atoms with van der Waals surface area (Å²) in [6.45, 7) is 1.72. The van der Waals surface area contributed by atoms with Gasteiger partial charge in [0.2, 0.25) is 11.9 Å². The lowest BCUT2D eigenvalue weighted by Gasteiger charge is -2.07. The molecule has 0 aliphatic rings. The molecule has 1 amide bonds. The second-order valence-electron chi connectivity index (χ2n) is 4.08. The topological polar surface area (TPSA) is 54.9 Å². The average Bonchev–Trinajstić information content (AvgIpc) is 2.32. The first-order valence-corrected chi connectivity index (χ1v) is 6.45. The van der Waals surface area contributed by atoms with Crippen LogP contribution in [0.5, 0.6) is 0 Å². The van der Waals surface area contributed by atoms with Crippen LogP contribution in [0.3, 0.4) is 0 Å². The standard InChI is InChI=1S/C13H10Cl2FN3O/c1-7-5-11(15)18-13(17-7)19-12(20)6-8-9(14)3-2-4-10(8)16/h2-5H,6H2,1H3,(H,17,18,19,20). The molecule has 0 saturated carbocycles. The third kappa shape index (κ3) is 3.65. The number of nitrogens with one attached hydrogen (secondary N) is 1. The fraction of sp³-hybridized carbons (Fsp3) is 0.154. The van der Waals surface area contributed by atoms with Crippen molar-refractivity contribution in [1.82, 2.24) is 9.97 Å². The van der Waals surface area contributed by atoms with E-state index < -0.39 is 11.7 Å². The van der Waals surface area contributed by atoms with Gasteiger partial charge in [0.1, 0.15) is 11.0 Å². The van der Waals surface area contributed by atoms with Gasteiger partial charge < -0.3 is 0 Å². The minimum Gasteiger partial charge on any atom is -0.294 e. The van der Waals surface area contributed by atoms with Crippen LogP contribution in [0.1, 0.15) is 11.3 Å². The summed E-state index contributed by atoms with van der Waals surface area (Å²) in [7, 11) is 0. The smallest absolute Gasteiger partial charge is 0.231 e. The van der Waals surface area contributed by atoms with Gasteiger partial charge in [-0.25, -0.2) is 14.4 Å². The molecular formula is C13H10Cl2FN3O. The molecule has 0 fully saturated rings. The first-order valence-electron chi connectivity index (χ1n) is 5.69. The quantitative estimate of drug-likeness (QED) is 0.883. The molecule has 1 aromatic heterocycles. The van der Waals surface area contributed by atoms with Crippen molar-refractivity contribution in [3.8, 4) is 0 Å². The molecular weight excluding hydrogens is 304 g/mol. The molecule has 0 aliphatic carbocycles. The Morgan fingerprint density at radius 2 is 2.10 bits per heavy atom. The van der Waals surface area contributed by atoms with Crippen LogP contribution < -0.4 is 5.32 Å². The molecule has 20 heavy (non-hydrogen) atoms. The second kappa shape index (κ2) is 6.15. The van der Waals surface area contributed by atoms with Crippen LogP contribution in [-0.4, -0.2) is 15.9 Å². The third-order valence-corrected chi connectivity index (χ3v) is 3.02. The zero-order valence-electron chi connectivity index (χ0n) is 10.5. The van der Waals surface area contributed by atoms with Crippen molar-refractivity contribution in [2.45, 2.75) is 13.3 Å². The van der Waals surface area contributed by atoms with Crippen molar-refractivity contribution in [3.05, 3.63) is 51.5 Å². The van der Waals surface area contributed by atoms with Gasteiger partial charge >= 0.3 is 0 Å². The zero-order chi connectivity index (χ0) is 14.7. The lowest BCUT2D eigenvalue weighted by molar-refractivity contribution is -0.115. The molecule has 2 rings (SSSR count). The molecule has 0 unspecified atom stereocenters. The maximum Gasteiger partial charge on any atom is 0.231 e. The number of carbonyl (C=O) groups excluding carboxylic acids is 1. The summed E-state index contributed by atoms with van der Waals surface area (Å²) in [6, 6.07) is 5.80. The van der Waals surface area contributed by atoms with E-state index in [1.807, 2.05) is 0 Å². The van der Waals surface area contributed by atoms with E-state index in [0.29, 0.717) is 5.69 Å². The van der Waals surface area contributed by atoms with Crippen LogP contribution in [0.2, 0.25) is 10.2 Å². The maximum atomic E-state index is 13.6. The predicted octanol–water partition coefficient (Wildman–Crippen LogP) is 3.41. The first kappa shape index (κ1) is 14.7. The summed E-state index contributed by atoms with van der Waals surface area (Å²) in [5.74, 6) is -0.929. The molecule has 0 radical (unpaired) electrons. The lowest BCUT2D eigenvalue weighted by Crippen LogP contribution is -2.17. The van der Waals surface area contributed by atoms with Crippen LogP contribution in [0.25, 0.3) is 0 Å². The van der Waals surface area contributed by atoms with E-state index in [2.05, 4.69) is 15.3 Å². The lowest BCUT2D eigenvalue weighted by atomic mass is 10.1. The number of halogens is 3. The number of rotatable bonds is 3. The molecule has 0 bridgehead atoms. The van der Waals surface area contributed by atoms with Crippen LogP contribution >= 0.6 is 23.2 Å². The monoisotopic (exact) mass is 313 g/mol. The highest BCUT2D eigenvalue weighted by Gasteiger charge is 2.13. The summed E-state index contributed by atoms with van der Waals surface area (Å²) in [5, 5.41) is 2.87. The molecule has 7 heteroatoms. The minimum atomic E-state index is -0.532. The Morgan fingerprint density at radius 3 is 2.75 bits per heavy atom. The Labute approximate surface area is 125 Å². The highest BCUT2D eigenvalue weighted by Crippen LogP contribution is 2.20. The van der Waals surface area contributed by atoms with Gasteiger partial charge in [-0.05, 0) is 25.1 Å². The average molecular weight is 314 g/mol. The molecule has 4 nitrogen and oxygen atoms in total. The minimum absolute atomic E-state index is 0.0764. The van der Waals surface area contributed by atoms with Gasteiger partial charge in [-0.2, -0.15) is 0 Å². The molecule has 0 atom stereocenters. The number of carbonyl (C=O) groups is 1. The van der Waals surface area contributed by atoms with Gasteiger partial charge in [-0.15, -0.1) is 0 Å². The summed E-state index contributed by atoms with van der Waals surface area (Å²) >= 11 is 11.6. The van der Waals surface area contributed by atoms with E-state index in [1.165, 1.54) is 18.2 Å². The van der Waals surface area contributed by atoms with Gasteiger partial charge in [-0.3, -0.25) is 10.1 Å². The molecule has 0 spiro atoms. The molecule has 2 aromatic rings. The number of hydrogen-bond acceptors (Lipinski definition) is 3. The van der Waals surface area contributed by atoms with Gasteiger partial charge in [0, 0.05) is 16.3 Å². The maximum absolute atomic E-state index is 13.6. The Kier molecular flexibility index (Phi) is 4.52. The van der Waals surface area contributed by atoms with E-state index in [-0.39, 0.29) is 28.1 Å². The van der Waals surface area contributed by atoms with Crippen molar-refractivity contribution in [1.29, 1.82) is 0 Å². The number of benzene rings is 1. The van der Waals surface area contributed by atoms with Gasteiger partial charge in [0.25, 0.3) is 0 Å². The Morgan fingerprint density at radius 1 is 1.35 bits per heavy atom. The Bertz CT molecular complexity index is 624. The van der Waals surface area contributed by atoms with Crippen LogP contribution in [0.4, 0.5) is 10.3 Å². The Balaban J connectivity index is 2.13. The molecule has 1 N–H and O–H groups in total. The van der Waals surface area contributed by atoms with Crippen LogP contribution in [0.15, 0.2) is 24.3 Å². The number of anilines is 1. The van der Waals surface area contributed by atoms with Crippen molar-refractivity contribution >= 4 is 35.1 Å². The fourth-order valence-electron chi connectivity index (χ4n) is 1.62. The predicted molar refractivity (Wildman–Crippen MR) is 75.5 cm³/mol. The van der Waals surface area contributed by atoms with Crippen molar-refractivity contribution in [2.75, 3.05) is 5.32 Å². The summed E-state index contributed by atoms with van der Waals surface area (Å²) < 4.78 is 13.6. The zero-order valence-corrected chi connectivity index (χ0v) is 12.0. The molecule has 1 aromatic carbocycles. The van der Waals surface area contributed by atoms with Crippen LogP contribution in [0, 0.1) is 12.7 Å². The summed E-state index contributed by atoms with van der Waals surface area (Å²) in [4.78, 5) is 19.7. The number of hydrogen-bond donors (Lipinski definition) is 1. The third-order valence-electron chi connectivity index (χ3n) is 2.47. The van der Waals surface area contributed by atoms with Crippen molar-refractivity contribution in [2.24, 2.45) is 0 Å². The van der Waals surface area contributed by atoms with E-state index in [1.54, 1.807) is 13.0 Å². The van der Waals surface area contributed by atoms with Crippen LogP contribution in [-0.2, 0) is 11.2 Å². The fourth-order valence-corrected chi connectivity index (χ4v) is 2.08. The van der Waals surface area contributed by atoms with Gasteiger partial charge in [0.05, 0.1) is 6.42 Å². The summed E-state index contributed by atoms with van der Waals surface area (Å²) in [6.07, 6.45) is -0.208. The van der Waals surface area contributed by atoms with Gasteiger partial charge in [0.15, 0.2) is 0 Å². The van der Waals surface area contributed by atoms with E-state index >= 15 is 0 Å². The van der Waals surface area contributed by atoms with Crippen molar-refractivity contribution in [3.63, 3.8) is 0 Å². The van der Waals surface area contributed by atoms with Crippen molar-refractivity contribution < 1.29 is 9.18 Å². The molecule has 1 heterocycles. The number of aryl methyl sites for hydroxylation is 1. The van der Waals surface area contributed by atoms with E-state index in [0.717, 1.165) is 0 Å². The molecule has 0 saturated heterocycles. The highest BCUT2D eigenvalue weighted by atomic mass is 35.5. The molecule has 104 valence electrons. The highest BCUT2D eigenvalue weighted by molar-refractivity contribution is 6.31. The summed E-state index contributed by atoms with van der Waals surface area (Å²) in [5.41, 5.74) is 0.745. The van der Waals surface area contributed by atoms with Gasteiger partial charge in [-0.1, -0.05) is 29.3 Å². The number of nitrogens with zero attached hydrogens (tertiary/aromatic N) is 2. The van der Waals surface area contributed by atoms with E-state index in [9.17, 15) is 9.18 Å². The number of aromatic nitrogens is 2. The number of amides is 1. The molecule has 0 aliphatic heterocycles. The second-order valence-corrected chi connectivity index (χ2v) is 4.88. The first-order chi connectivity index (χ1) is 9.45. The van der Waals surface area contributed by atoms with E-state index in [4.69, 9.17) is 23.2 Å². The SMILES string of the molecule is Cc1cc(Cl)nc(NC(=O)Cc2c(F)cccc2Cl)n1. The largest absolute Gasteiger partial charge is 0.294 e. The normalized spacial score (nSPS) is 10.4. The Hall–Kier alpha value is -1.72.